The topological polar surface area (TPSA) is 29.1 Å². The minimum Gasteiger partial charge on any atom is -0.349 e. The van der Waals surface area contributed by atoms with Crippen LogP contribution in [0.5, 0.6) is 0 Å². The lowest BCUT2D eigenvalue weighted by molar-refractivity contribution is 0.0920. The Kier molecular flexibility index (Phi) is 5.03. The molecule has 1 amide bonds. The van der Waals surface area contributed by atoms with Crippen LogP contribution in [0.25, 0.3) is 0 Å². The third-order valence-electron chi connectivity index (χ3n) is 4.13. The molecule has 1 aliphatic carbocycles. The minimum absolute atomic E-state index is 0.0514. The number of hydrogen-bond donors (Lipinski definition) is 1. The van der Waals surface area contributed by atoms with Crippen LogP contribution < -0.4 is 5.32 Å². The van der Waals surface area contributed by atoms with E-state index in [1.165, 1.54) is 19.3 Å². The Morgan fingerprint density at radius 1 is 1.32 bits per heavy atom. The number of rotatable bonds is 3. The van der Waals surface area contributed by atoms with Gasteiger partial charge in [-0.05, 0) is 66.6 Å². The maximum atomic E-state index is 12.3. The first-order valence-electron chi connectivity index (χ1n) is 7.17. The molecule has 1 aromatic carbocycles. The molecule has 0 spiro atoms. The van der Waals surface area contributed by atoms with Crippen LogP contribution in [0.3, 0.4) is 0 Å². The lowest BCUT2D eigenvalue weighted by Gasteiger charge is -2.28. The highest BCUT2D eigenvalue weighted by Gasteiger charge is 2.22. The lowest BCUT2D eigenvalue weighted by Crippen LogP contribution is -2.37. The zero-order valence-corrected chi connectivity index (χ0v) is 13.3. The fourth-order valence-corrected chi connectivity index (χ4v) is 3.22. The van der Waals surface area contributed by atoms with Crippen LogP contribution in [0, 0.1) is 12.8 Å². The third kappa shape index (κ3) is 3.82. The SMILES string of the molecule is CCC1CCC(NC(=O)c2cc(C)ccc2Br)CC1. The predicted octanol–water partition coefficient (Wildman–Crippen LogP) is 4.46. The Morgan fingerprint density at radius 2 is 2.00 bits per heavy atom. The van der Waals surface area contributed by atoms with E-state index >= 15 is 0 Å². The second-order valence-electron chi connectivity index (χ2n) is 5.58. The van der Waals surface area contributed by atoms with Gasteiger partial charge in [0.1, 0.15) is 0 Å². The van der Waals surface area contributed by atoms with Crippen LogP contribution >= 0.6 is 15.9 Å². The highest BCUT2D eigenvalue weighted by atomic mass is 79.9. The van der Waals surface area contributed by atoms with Crippen molar-refractivity contribution in [1.29, 1.82) is 0 Å². The molecule has 2 rings (SSSR count). The molecule has 0 aliphatic heterocycles. The van der Waals surface area contributed by atoms with Gasteiger partial charge >= 0.3 is 0 Å². The summed E-state index contributed by atoms with van der Waals surface area (Å²) in [7, 11) is 0. The van der Waals surface area contributed by atoms with Gasteiger partial charge in [-0.15, -0.1) is 0 Å². The number of halogens is 1. The van der Waals surface area contributed by atoms with E-state index in [0.717, 1.165) is 34.4 Å². The summed E-state index contributed by atoms with van der Waals surface area (Å²) in [5.41, 5.74) is 1.86. The Morgan fingerprint density at radius 3 is 2.63 bits per heavy atom. The molecule has 0 atom stereocenters. The molecule has 19 heavy (non-hydrogen) atoms. The van der Waals surface area contributed by atoms with Crippen LogP contribution in [0.4, 0.5) is 0 Å². The fourth-order valence-electron chi connectivity index (χ4n) is 2.79. The van der Waals surface area contributed by atoms with Crippen molar-refractivity contribution in [1.82, 2.24) is 5.32 Å². The van der Waals surface area contributed by atoms with Crippen LogP contribution in [0.1, 0.15) is 54.9 Å². The number of carbonyl (C=O) groups excluding carboxylic acids is 1. The van der Waals surface area contributed by atoms with Crippen LogP contribution in [0.2, 0.25) is 0 Å². The number of hydrogen-bond acceptors (Lipinski definition) is 1. The normalized spacial score (nSPS) is 23.1. The largest absolute Gasteiger partial charge is 0.349 e. The van der Waals surface area contributed by atoms with Gasteiger partial charge in [0, 0.05) is 10.5 Å². The summed E-state index contributed by atoms with van der Waals surface area (Å²) in [5.74, 6) is 0.911. The smallest absolute Gasteiger partial charge is 0.252 e. The van der Waals surface area contributed by atoms with Crippen LogP contribution in [-0.2, 0) is 0 Å². The molecule has 0 unspecified atom stereocenters. The Balaban J connectivity index is 1.96. The van der Waals surface area contributed by atoms with Gasteiger partial charge in [-0.3, -0.25) is 4.79 Å². The summed E-state index contributed by atoms with van der Waals surface area (Å²) in [6.45, 7) is 4.27. The molecule has 0 radical (unpaired) electrons. The van der Waals surface area contributed by atoms with Gasteiger partial charge in [0.25, 0.3) is 5.91 Å². The zero-order valence-electron chi connectivity index (χ0n) is 11.7. The Hall–Kier alpha value is -0.830. The first-order chi connectivity index (χ1) is 9.10. The first kappa shape index (κ1) is 14.6. The number of aryl methyl sites for hydroxylation is 1. The average Bonchev–Trinajstić information content (AvgIpc) is 2.42. The molecule has 3 heteroatoms. The summed E-state index contributed by atoms with van der Waals surface area (Å²) in [6.07, 6.45) is 6.00. The maximum Gasteiger partial charge on any atom is 0.252 e. The molecule has 0 bridgehead atoms. The lowest BCUT2D eigenvalue weighted by atomic mass is 9.84. The van der Waals surface area contributed by atoms with Crippen molar-refractivity contribution < 1.29 is 4.79 Å². The number of carbonyl (C=O) groups is 1. The van der Waals surface area contributed by atoms with E-state index in [0.29, 0.717) is 6.04 Å². The first-order valence-corrected chi connectivity index (χ1v) is 7.96. The van der Waals surface area contributed by atoms with Crippen molar-refractivity contribution in [2.75, 3.05) is 0 Å². The van der Waals surface area contributed by atoms with Crippen molar-refractivity contribution in [3.8, 4) is 0 Å². The molecule has 1 saturated carbocycles. The third-order valence-corrected chi connectivity index (χ3v) is 4.82. The van der Waals surface area contributed by atoms with E-state index < -0.39 is 0 Å². The molecule has 1 aromatic rings. The van der Waals surface area contributed by atoms with Crippen molar-refractivity contribution >= 4 is 21.8 Å². The molecule has 1 N–H and O–H groups in total. The van der Waals surface area contributed by atoms with Crippen molar-refractivity contribution in [2.24, 2.45) is 5.92 Å². The quantitative estimate of drug-likeness (QED) is 0.874. The maximum absolute atomic E-state index is 12.3. The molecule has 1 fully saturated rings. The van der Waals surface area contributed by atoms with Crippen molar-refractivity contribution in [3.63, 3.8) is 0 Å². The van der Waals surface area contributed by atoms with Crippen molar-refractivity contribution in [2.45, 2.75) is 52.0 Å². The van der Waals surface area contributed by atoms with Gasteiger partial charge in [0.05, 0.1) is 5.56 Å². The molecule has 0 saturated heterocycles. The molecule has 0 aromatic heterocycles. The molecular weight excluding hydrogens is 302 g/mol. The standard InChI is InChI=1S/C16H22BrNO/c1-3-12-5-7-13(8-6-12)18-16(19)14-10-11(2)4-9-15(14)17/h4,9-10,12-13H,3,5-8H2,1-2H3,(H,18,19). The second kappa shape index (κ2) is 6.56. The predicted molar refractivity (Wildman–Crippen MR) is 82.4 cm³/mol. The average molecular weight is 324 g/mol. The van der Waals surface area contributed by atoms with E-state index in [9.17, 15) is 4.79 Å². The summed E-state index contributed by atoms with van der Waals surface area (Å²) in [6, 6.07) is 6.24. The molecular formula is C16H22BrNO. The van der Waals surface area contributed by atoms with Crippen molar-refractivity contribution in [3.05, 3.63) is 33.8 Å². The Labute approximate surface area is 124 Å². The molecule has 2 nitrogen and oxygen atoms in total. The summed E-state index contributed by atoms with van der Waals surface area (Å²) >= 11 is 3.46. The second-order valence-corrected chi connectivity index (χ2v) is 6.44. The number of benzene rings is 1. The van der Waals surface area contributed by atoms with E-state index in [1.54, 1.807) is 0 Å². The molecule has 0 heterocycles. The highest BCUT2D eigenvalue weighted by molar-refractivity contribution is 9.10. The van der Waals surface area contributed by atoms with E-state index in [4.69, 9.17) is 0 Å². The zero-order chi connectivity index (χ0) is 13.8. The number of nitrogens with one attached hydrogen (secondary N) is 1. The van der Waals surface area contributed by atoms with Crippen LogP contribution in [-0.4, -0.2) is 11.9 Å². The highest BCUT2D eigenvalue weighted by Crippen LogP contribution is 2.27. The summed E-state index contributed by atoms with van der Waals surface area (Å²) in [5, 5.41) is 3.18. The van der Waals surface area contributed by atoms with Gasteiger partial charge < -0.3 is 5.32 Å². The fraction of sp³-hybridized carbons (Fsp3) is 0.562. The van der Waals surface area contributed by atoms with Crippen LogP contribution in [0.15, 0.2) is 22.7 Å². The van der Waals surface area contributed by atoms with Gasteiger partial charge in [0.15, 0.2) is 0 Å². The monoisotopic (exact) mass is 323 g/mol. The van der Waals surface area contributed by atoms with Gasteiger partial charge in [0.2, 0.25) is 0 Å². The van der Waals surface area contributed by atoms with E-state index in [1.807, 2.05) is 25.1 Å². The van der Waals surface area contributed by atoms with E-state index in [2.05, 4.69) is 28.2 Å². The van der Waals surface area contributed by atoms with E-state index in [-0.39, 0.29) is 5.91 Å². The van der Waals surface area contributed by atoms with Gasteiger partial charge in [-0.2, -0.15) is 0 Å². The summed E-state index contributed by atoms with van der Waals surface area (Å²) in [4.78, 5) is 12.3. The van der Waals surface area contributed by atoms with Gasteiger partial charge in [-0.25, -0.2) is 0 Å². The minimum atomic E-state index is 0.0514. The molecule has 104 valence electrons. The Bertz CT molecular complexity index is 450. The summed E-state index contributed by atoms with van der Waals surface area (Å²) < 4.78 is 0.873. The van der Waals surface area contributed by atoms with Gasteiger partial charge in [-0.1, -0.05) is 25.0 Å². The molecule has 1 aliphatic rings. The number of amides is 1.